The third kappa shape index (κ3) is 3.34. The average molecular weight is 270 g/mol. The van der Waals surface area contributed by atoms with Crippen molar-refractivity contribution in [3.05, 3.63) is 29.1 Å². The smallest absolute Gasteiger partial charge is 0.545 e. The van der Waals surface area contributed by atoms with Gasteiger partial charge in [-0.2, -0.15) is 6.07 Å². The van der Waals surface area contributed by atoms with Crippen LogP contribution in [0.3, 0.4) is 0 Å². The minimum Gasteiger partial charge on any atom is -0.545 e. The molecule has 19 heavy (non-hydrogen) atoms. The molecule has 1 aromatic carbocycles. The molecule has 0 bridgehead atoms. The molecule has 0 atom stereocenters. The Morgan fingerprint density at radius 2 is 2.16 bits per heavy atom. The van der Waals surface area contributed by atoms with Crippen LogP contribution in [0.15, 0.2) is 18.2 Å². The van der Waals surface area contributed by atoms with Crippen LogP contribution < -0.4 is 23.6 Å². The second-order valence-electron chi connectivity index (χ2n) is 4.12. The molecule has 1 aliphatic rings. The molecular formula is C14H15LiO3S. The van der Waals surface area contributed by atoms with Gasteiger partial charge in [0.05, 0.1) is 13.2 Å². The van der Waals surface area contributed by atoms with Crippen LogP contribution in [0.1, 0.15) is 11.8 Å². The molecule has 96 valence electrons. The number of thiophene rings is 1. The van der Waals surface area contributed by atoms with E-state index in [1.807, 2.05) is 12.1 Å². The first-order valence-electron chi connectivity index (χ1n) is 6.16. The summed E-state index contributed by atoms with van der Waals surface area (Å²) in [4.78, 5) is 1.26. The molecule has 0 unspecified atom stereocenters. The fraction of sp³-hybridized carbons (Fsp3) is 0.429. The van der Waals surface area contributed by atoms with E-state index in [0.29, 0.717) is 19.8 Å². The topological polar surface area (TPSA) is 27.7 Å². The fourth-order valence-electron chi connectivity index (χ4n) is 1.96. The molecule has 1 aromatic heterocycles. The maximum absolute atomic E-state index is 5.79. The minimum atomic E-state index is -0.232. The molecule has 1 saturated heterocycles. The Labute approximate surface area is 129 Å². The number of hydrogen-bond acceptors (Lipinski definition) is 4. The molecule has 0 saturated carbocycles. The first kappa shape index (κ1) is 14.9. The Morgan fingerprint density at radius 1 is 1.37 bits per heavy atom. The maximum Gasteiger partial charge on any atom is 1.00 e. The summed E-state index contributed by atoms with van der Waals surface area (Å²) in [7, 11) is 0. The van der Waals surface area contributed by atoms with E-state index in [1.165, 1.54) is 9.58 Å². The van der Waals surface area contributed by atoms with E-state index in [9.17, 15) is 0 Å². The van der Waals surface area contributed by atoms with E-state index in [0.717, 1.165) is 17.6 Å². The molecule has 0 amide bonds. The predicted octanol–water partition coefficient (Wildman–Crippen LogP) is 0.0196. The summed E-state index contributed by atoms with van der Waals surface area (Å²) in [5.74, 6) is 0.863. The van der Waals surface area contributed by atoms with E-state index < -0.39 is 0 Å². The second kappa shape index (κ2) is 6.78. The molecule has 3 rings (SSSR count). The molecule has 0 radical (unpaired) electrons. The van der Waals surface area contributed by atoms with Crippen LogP contribution in [0.2, 0.25) is 0 Å². The van der Waals surface area contributed by atoms with Crippen LogP contribution in [0, 0.1) is 6.07 Å². The quantitative estimate of drug-likeness (QED) is 0.579. The maximum atomic E-state index is 5.79. The van der Waals surface area contributed by atoms with Crippen molar-refractivity contribution < 1.29 is 33.1 Å². The van der Waals surface area contributed by atoms with E-state index in [2.05, 4.69) is 19.1 Å². The van der Waals surface area contributed by atoms with Gasteiger partial charge in [0.1, 0.15) is 6.61 Å². The first-order valence-corrected chi connectivity index (χ1v) is 6.98. The van der Waals surface area contributed by atoms with E-state index in [4.69, 9.17) is 14.2 Å². The van der Waals surface area contributed by atoms with Crippen LogP contribution in [0.25, 0.3) is 10.1 Å². The van der Waals surface area contributed by atoms with Gasteiger partial charge in [-0.25, -0.2) is 11.3 Å². The third-order valence-corrected chi connectivity index (χ3v) is 4.07. The Morgan fingerprint density at radius 3 is 2.89 bits per heavy atom. The van der Waals surface area contributed by atoms with Crippen molar-refractivity contribution in [3.8, 4) is 5.75 Å². The van der Waals surface area contributed by atoms with Crippen molar-refractivity contribution in [2.75, 3.05) is 19.8 Å². The third-order valence-electron chi connectivity index (χ3n) is 2.87. The van der Waals surface area contributed by atoms with Crippen molar-refractivity contribution in [2.45, 2.75) is 19.6 Å². The van der Waals surface area contributed by atoms with Crippen LogP contribution >= 0.6 is 11.3 Å². The van der Waals surface area contributed by atoms with Gasteiger partial charge < -0.3 is 14.2 Å². The van der Waals surface area contributed by atoms with Crippen LogP contribution in [0.5, 0.6) is 5.75 Å². The van der Waals surface area contributed by atoms with Crippen LogP contribution in [-0.2, 0) is 15.9 Å². The van der Waals surface area contributed by atoms with E-state index in [1.54, 1.807) is 11.3 Å². The largest absolute Gasteiger partial charge is 1.00 e. The molecular weight excluding hydrogens is 255 g/mol. The van der Waals surface area contributed by atoms with Crippen LogP contribution in [-0.4, -0.2) is 26.1 Å². The Bertz CT molecular complexity index is 534. The molecule has 5 heteroatoms. The summed E-state index contributed by atoms with van der Waals surface area (Å²) < 4.78 is 17.7. The van der Waals surface area contributed by atoms with Crippen molar-refractivity contribution in [1.82, 2.24) is 0 Å². The Kier molecular flexibility index (Phi) is 5.32. The fourth-order valence-corrected chi connectivity index (χ4v) is 2.92. The van der Waals surface area contributed by atoms with Crippen molar-refractivity contribution in [3.63, 3.8) is 0 Å². The average Bonchev–Trinajstić information content (AvgIpc) is 3.04. The SMILES string of the molecule is CCc1[c-]c2c(OCC3OCCO3)cccc2s1.[Li+]. The second-order valence-corrected chi connectivity index (χ2v) is 5.25. The summed E-state index contributed by atoms with van der Waals surface area (Å²) >= 11 is 1.77. The summed E-state index contributed by atoms with van der Waals surface area (Å²) in [6.07, 6.45) is 0.776. The standard InChI is InChI=1S/C14H15O3S.Li/c1-2-10-8-11-12(4-3-5-13(11)18-10)17-9-14-15-6-7-16-14;/h3-5,14H,2,6-7,9H2,1H3;/q-1;+1. The van der Waals surface area contributed by atoms with Gasteiger partial charge in [0.2, 0.25) is 0 Å². The van der Waals surface area contributed by atoms with Gasteiger partial charge in [0.15, 0.2) is 6.29 Å². The monoisotopic (exact) mass is 270 g/mol. The van der Waals surface area contributed by atoms with Gasteiger partial charge >= 0.3 is 18.9 Å². The normalized spacial score (nSPS) is 15.6. The van der Waals surface area contributed by atoms with Crippen molar-refractivity contribution in [1.29, 1.82) is 0 Å². The summed E-state index contributed by atoms with van der Waals surface area (Å²) in [6, 6.07) is 9.49. The zero-order valence-corrected chi connectivity index (χ0v) is 12.1. The molecule has 0 spiro atoms. The van der Waals surface area contributed by atoms with Crippen molar-refractivity contribution in [2.24, 2.45) is 0 Å². The van der Waals surface area contributed by atoms with Crippen LogP contribution in [0.4, 0.5) is 0 Å². The Hall–Kier alpha value is -0.503. The van der Waals surface area contributed by atoms with Gasteiger partial charge in [0, 0.05) is 5.75 Å². The molecule has 2 aromatic rings. The number of benzene rings is 1. The zero-order chi connectivity index (χ0) is 12.4. The predicted molar refractivity (Wildman–Crippen MR) is 71.2 cm³/mol. The van der Waals surface area contributed by atoms with Gasteiger partial charge in [-0.05, 0) is 6.42 Å². The molecule has 1 aliphatic heterocycles. The zero-order valence-electron chi connectivity index (χ0n) is 11.3. The number of ether oxygens (including phenoxy) is 3. The van der Waals surface area contributed by atoms with Crippen molar-refractivity contribution >= 4 is 21.4 Å². The molecule has 1 fully saturated rings. The van der Waals surface area contributed by atoms with Gasteiger partial charge in [-0.15, -0.1) is 11.5 Å². The summed E-state index contributed by atoms with van der Waals surface area (Å²) in [5.41, 5.74) is 0. The summed E-state index contributed by atoms with van der Waals surface area (Å²) in [5, 5.41) is 1.07. The molecule has 2 heterocycles. The number of aryl methyl sites for hydroxylation is 1. The summed E-state index contributed by atoms with van der Waals surface area (Å²) in [6.45, 7) is 3.89. The van der Waals surface area contributed by atoms with Gasteiger partial charge in [-0.3, -0.25) is 0 Å². The molecule has 3 nitrogen and oxygen atoms in total. The first-order chi connectivity index (χ1) is 8.86. The minimum absolute atomic E-state index is 0. The molecule has 0 aliphatic carbocycles. The van der Waals surface area contributed by atoms with Gasteiger partial charge in [0.25, 0.3) is 0 Å². The van der Waals surface area contributed by atoms with E-state index in [-0.39, 0.29) is 25.2 Å². The number of fused-ring (bicyclic) bond motifs is 1. The van der Waals surface area contributed by atoms with Gasteiger partial charge in [-0.1, -0.05) is 28.6 Å². The number of hydrogen-bond donors (Lipinski definition) is 0. The molecule has 0 N–H and O–H groups in total. The number of rotatable bonds is 4. The van der Waals surface area contributed by atoms with E-state index >= 15 is 0 Å². The Balaban J connectivity index is 0.00000133.